The van der Waals surface area contributed by atoms with Crippen LogP contribution in [0.4, 0.5) is 0 Å². The molecule has 3 nitrogen and oxygen atoms in total. The van der Waals surface area contributed by atoms with Gasteiger partial charge in [0.2, 0.25) is 0 Å². The van der Waals surface area contributed by atoms with Crippen LogP contribution in [0, 0.1) is 11.8 Å². The molecule has 0 radical (unpaired) electrons. The third kappa shape index (κ3) is 11.9. The van der Waals surface area contributed by atoms with Crippen molar-refractivity contribution in [2.75, 3.05) is 32.8 Å². The first-order valence-corrected chi connectivity index (χ1v) is 7.14. The number of nitrogens with zero attached hydrogens (tertiary/aromatic N) is 1. The van der Waals surface area contributed by atoms with E-state index in [1.54, 1.807) is 6.92 Å². The standard InChI is InChI=1S/C15H29NO2/c1-4-6-10-16(11-7-5-2)12-8-9-13-18-14-15(3)17/h15,17H,4-7,10-14H2,1-3H3/t15-/m0/s1. The summed E-state index contributed by atoms with van der Waals surface area (Å²) in [4.78, 5) is 2.41. The normalized spacial score (nSPS) is 12.3. The molecule has 0 heterocycles. The smallest absolute Gasteiger partial charge is 0.107 e. The van der Waals surface area contributed by atoms with Crippen molar-refractivity contribution in [1.82, 2.24) is 4.90 Å². The van der Waals surface area contributed by atoms with Gasteiger partial charge in [0, 0.05) is 0 Å². The number of aliphatic hydroxyl groups excluding tert-OH is 1. The van der Waals surface area contributed by atoms with Crippen LogP contribution in [0.1, 0.15) is 46.5 Å². The van der Waals surface area contributed by atoms with Crippen LogP contribution in [0.25, 0.3) is 0 Å². The molecule has 0 aliphatic rings. The van der Waals surface area contributed by atoms with E-state index >= 15 is 0 Å². The Labute approximate surface area is 113 Å². The van der Waals surface area contributed by atoms with Crippen molar-refractivity contribution < 1.29 is 9.84 Å². The molecule has 0 bridgehead atoms. The van der Waals surface area contributed by atoms with Gasteiger partial charge >= 0.3 is 0 Å². The zero-order valence-electron chi connectivity index (χ0n) is 12.2. The predicted octanol–water partition coefficient (Wildman–Crippen LogP) is 2.29. The minimum Gasteiger partial charge on any atom is -0.391 e. The van der Waals surface area contributed by atoms with E-state index in [4.69, 9.17) is 9.84 Å². The summed E-state index contributed by atoms with van der Waals surface area (Å²) in [6.07, 6.45) is 4.53. The highest BCUT2D eigenvalue weighted by molar-refractivity contribution is 5.01. The summed E-state index contributed by atoms with van der Waals surface area (Å²) >= 11 is 0. The Bertz CT molecular complexity index is 222. The Morgan fingerprint density at radius 2 is 1.72 bits per heavy atom. The Morgan fingerprint density at radius 3 is 2.22 bits per heavy atom. The molecule has 0 spiro atoms. The van der Waals surface area contributed by atoms with E-state index in [2.05, 4.69) is 30.6 Å². The molecule has 0 amide bonds. The van der Waals surface area contributed by atoms with Gasteiger partial charge in [0.05, 0.1) is 19.3 Å². The van der Waals surface area contributed by atoms with Gasteiger partial charge in [-0.1, -0.05) is 38.5 Å². The molecule has 0 unspecified atom stereocenters. The van der Waals surface area contributed by atoms with Gasteiger partial charge in [-0.05, 0) is 32.9 Å². The molecule has 1 N–H and O–H groups in total. The second-order valence-electron chi connectivity index (χ2n) is 4.70. The molecule has 0 rings (SSSR count). The van der Waals surface area contributed by atoms with Crippen LogP contribution >= 0.6 is 0 Å². The Balaban J connectivity index is 3.75. The van der Waals surface area contributed by atoms with Crippen LogP contribution in [-0.4, -0.2) is 49.0 Å². The molecular formula is C15H29NO2. The summed E-state index contributed by atoms with van der Waals surface area (Å²) in [5.41, 5.74) is 0. The topological polar surface area (TPSA) is 32.7 Å². The monoisotopic (exact) mass is 255 g/mol. The maximum atomic E-state index is 9.01. The van der Waals surface area contributed by atoms with Gasteiger partial charge in [0.1, 0.15) is 6.61 Å². The number of unbranched alkanes of at least 4 members (excludes halogenated alkanes) is 2. The zero-order valence-corrected chi connectivity index (χ0v) is 12.2. The molecule has 0 saturated carbocycles. The van der Waals surface area contributed by atoms with Gasteiger partial charge in [-0.2, -0.15) is 0 Å². The molecule has 18 heavy (non-hydrogen) atoms. The van der Waals surface area contributed by atoms with Gasteiger partial charge in [-0.15, -0.1) is 0 Å². The lowest BCUT2D eigenvalue weighted by molar-refractivity contribution is 0.0621. The van der Waals surface area contributed by atoms with Gasteiger partial charge in [0.25, 0.3) is 0 Å². The lowest BCUT2D eigenvalue weighted by atomic mass is 10.2. The number of rotatable bonds is 10. The van der Waals surface area contributed by atoms with Crippen molar-refractivity contribution in [3.05, 3.63) is 0 Å². The highest BCUT2D eigenvalue weighted by Crippen LogP contribution is 1.98. The highest BCUT2D eigenvalue weighted by Gasteiger charge is 2.00. The average molecular weight is 255 g/mol. The maximum Gasteiger partial charge on any atom is 0.107 e. The third-order valence-electron chi connectivity index (χ3n) is 2.62. The fourth-order valence-electron chi connectivity index (χ4n) is 1.53. The van der Waals surface area contributed by atoms with Crippen molar-refractivity contribution >= 4 is 0 Å². The number of hydrogen-bond donors (Lipinski definition) is 1. The summed E-state index contributed by atoms with van der Waals surface area (Å²) in [6, 6.07) is 0. The first-order valence-electron chi connectivity index (χ1n) is 7.14. The van der Waals surface area contributed by atoms with E-state index in [0.29, 0.717) is 13.2 Å². The first-order chi connectivity index (χ1) is 8.70. The fourth-order valence-corrected chi connectivity index (χ4v) is 1.53. The predicted molar refractivity (Wildman–Crippen MR) is 76.5 cm³/mol. The summed E-state index contributed by atoms with van der Waals surface area (Å²) < 4.78 is 5.20. The lowest BCUT2D eigenvalue weighted by Gasteiger charge is -2.18. The minimum atomic E-state index is -0.405. The van der Waals surface area contributed by atoms with E-state index < -0.39 is 6.10 Å². The number of aliphatic hydroxyl groups is 1. The van der Waals surface area contributed by atoms with E-state index in [9.17, 15) is 0 Å². The van der Waals surface area contributed by atoms with Crippen molar-refractivity contribution in [3.8, 4) is 11.8 Å². The molecule has 3 heteroatoms. The quantitative estimate of drug-likeness (QED) is 0.480. The molecule has 0 aromatic heterocycles. The molecule has 0 aromatic carbocycles. The molecule has 0 aliphatic carbocycles. The van der Waals surface area contributed by atoms with Crippen LogP contribution in [0.5, 0.6) is 0 Å². The highest BCUT2D eigenvalue weighted by atomic mass is 16.5. The molecule has 0 fully saturated rings. The van der Waals surface area contributed by atoms with E-state index in [1.807, 2.05) is 0 Å². The van der Waals surface area contributed by atoms with Crippen molar-refractivity contribution in [3.63, 3.8) is 0 Å². The van der Waals surface area contributed by atoms with Crippen molar-refractivity contribution in [2.24, 2.45) is 0 Å². The summed E-state index contributed by atoms with van der Waals surface area (Å²) in [7, 11) is 0. The fraction of sp³-hybridized carbons (Fsp3) is 0.867. The average Bonchev–Trinajstić information content (AvgIpc) is 2.35. The third-order valence-corrected chi connectivity index (χ3v) is 2.62. The van der Waals surface area contributed by atoms with Crippen LogP contribution in [0.2, 0.25) is 0 Å². The molecular weight excluding hydrogens is 226 g/mol. The SMILES string of the molecule is CCCCN(CC#CCOC[C@H](C)O)CCCC. The summed E-state index contributed by atoms with van der Waals surface area (Å²) in [5, 5.41) is 9.01. The lowest BCUT2D eigenvalue weighted by Crippen LogP contribution is -2.26. The number of ether oxygens (including phenoxy) is 1. The molecule has 0 saturated heterocycles. The number of hydrogen-bond acceptors (Lipinski definition) is 3. The second-order valence-corrected chi connectivity index (χ2v) is 4.70. The molecule has 0 aromatic rings. The molecule has 1 atom stereocenters. The zero-order chi connectivity index (χ0) is 13.6. The van der Waals surface area contributed by atoms with Gasteiger partial charge in [0.15, 0.2) is 0 Å². The Hall–Kier alpha value is -0.560. The largest absolute Gasteiger partial charge is 0.391 e. The van der Waals surface area contributed by atoms with E-state index in [1.165, 1.54) is 25.7 Å². The van der Waals surface area contributed by atoms with Crippen LogP contribution in [0.3, 0.4) is 0 Å². The molecule has 0 aliphatic heterocycles. The van der Waals surface area contributed by atoms with Crippen molar-refractivity contribution in [2.45, 2.75) is 52.6 Å². The Kier molecular flexibility index (Phi) is 12.5. The molecule has 106 valence electrons. The summed E-state index contributed by atoms with van der Waals surface area (Å²) in [6.45, 7) is 10.0. The van der Waals surface area contributed by atoms with E-state index in [0.717, 1.165) is 19.6 Å². The minimum absolute atomic E-state index is 0.365. The van der Waals surface area contributed by atoms with Crippen molar-refractivity contribution in [1.29, 1.82) is 0 Å². The van der Waals surface area contributed by atoms with E-state index in [-0.39, 0.29) is 0 Å². The second kappa shape index (κ2) is 12.9. The summed E-state index contributed by atoms with van der Waals surface area (Å²) in [5.74, 6) is 6.15. The van der Waals surface area contributed by atoms with Crippen LogP contribution < -0.4 is 0 Å². The van der Waals surface area contributed by atoms with Crippen LogP contribution in [-0.2, 0) is 4.74 Å². The first kappa shape index (κ1) is 17.4. The van der Waals surface area contributed by atoms with Crippen LogP contribution in [0.15, 0.2) is 0 Å². The maximum absolute atomic E-state index is 9.01. The van der Waals surface area contributed by atoms with Gasteiger partial charge in [-0.3, -0.25) is 4.90 Å². The van der Waals surface area contributed by atoms with Gasteiger partial charge in [-0.25, -0.2) is 0 Å². The Morgan fingerprint density at radius 1 is 1.11 bits per heavy atom. The van der Waals surface area contributed by atoms with Gasteiger partial charge < -0.3 is 9.84 Å².